The summed E-state index contributed by atoms with van der Waals surface area (Å²) >= 11 is 9.66. The lowest BCUT2D eigenvalue weighted by Gasteiger charge is -2.22. The van der Waals surface area contributed by atoms with Gasteiger partial charge in [-0.25, -0.2) is 5.43 Å². The molecule has 0 amide bonds. The van der Waals surface area contributed by atoms with Crippen molar-refractivity contribution in [2.45, 2.75) is 26.0 Å². The van der Waals surface area contributed by atoms with E-state index in [0.717, 1.165) is 21.3 Å². The minimum absolute atomic E-state index is 0.0902. The van der Waals surface area contributed by atoms with Crippen LogP contribution >= 0.6 is 27.5 Å². The molecule has 0 heterocycles. The highest BCUT2D eigenvalue weighted by Crippen LogP contribution is 2.35. The maximum Gasteiger partial charge on any atom is 0.124 e. The van der Waals surface area contributed by atoms with Crippen LogP contribution in [0, 0.1) is 0 Å². The van der Waals surface area contributed by atoms with Crippen molar-refractivity contribution < 1.29 is 4.74 Å². The van der Waals surface area contributed by atoms with Crippen LogP contribution in [0.1, 0.15) is 31.0 Å². The summed E-state index contributed by atoms with van der Waals surface area (Å²) in [5, 5.41) is 0.663. The zero-order chi connectivity index (χ0) is 15.4. The van der Waals surface area contributed by atoms with Gasteiger partial charge in [0.2, 0.25) is 0 Å². The number of benzene rings is 2. The van der Waals surface area contributed by atoms with E-state index in [4.69, 9.17) is 22.2 Å². The van der Waals surface area contributed by atoms with Crippen molar-refractivity contribution in [1.82, 2.24) is 5.43 Å². The van der Waals surface area contributed by atoms with Gasteiger partial charge in [-0.05, 0) is 43.7 Å². The molecule has 0 saturated carbocycles. The van der Waals surface area contributed by atoms with Crippen molar-refractivity contribution in [3.05, 3.63) is 63.1 Å². The molecule has 1 unspecified atom stereocenters. The van der Waals surface area contributed by atoms with Crippen LogP contribution in [0.4, 0.5) is 0 Å². The van der Waals surface area contributed by atoms with Gasteiger partial charge in [0.1, 0.15) is 5.75 Å². The molecule has 0 saturated heterocycles. The SMILES string of the molecule is CC(C)Oc1ccccc1C(NN)c1cc(Cl)ccc1Br. The van der Waals surface area contributed by atoms with Crippen LogP contribution in [0.2, 0.25) is 5.02 Å². The van der Waals surface area contributed by atoms with Crippen molar-refractivity contribution in [3.8, 4) is 5.75 Å². The Morgan fingerprint density at radius 3 is 2.52 bits per heavy atom. The highest BCUT2D eigenvalue weighted by Gasteiger charge is 2.20. The second-order valence-corrected chi connectivity index (χ2v) is 6.26. The zero-order valence-electron chi connectivity index (χ0n) is 11.9. The second-order valence-electron chi connectivity index (χ2n) is 4.97. The maximum atomic E-state index is 6.11. The normalized spacial score (nSPS) is 12.5. The molecule has 3 N–H and O–H groups in total. The molecule has 0 bridgehead atoms. The van der Waals surface area contributed by atoms with Crippen LogP contribution in [0.5, 0.6) is 5.75 Å². The first-order valence-corrected chi connectivity index (χ1v) is 7.86. The molecule has 2 rings (SSSR count). The molecule has 0 aliphatic heterocycles. The number of hydrogen-bond acceptors (Lipinski definition) is 3. The number of hydrazine groups is 1. The molecule has 0 radical (unpaired) electrons. The molecular weight excluding hydrogens is 352 g/mol. The number of rotatable bonds is 5. The van der Waals surface area contributed by atoms with Gasteiger partial charge in [0, 0.05) is 15.1 Å². The molecule has 2 aromatic rings. The molecule has 0 aliphatic rings. The summed E-state index contributed by atoms with van der Waals surface area (Å²) in [6.07, 6.45) is 0.0902. The Hall–Kier alpha value is -1.07. The first kappa shape index (κ1) is 16.3. The summed E-state index contributed by atoms with van der Waals surface area (Å²) in [5.74, 6) is 6.59. The minimum atomic E-state index is -0.215. The van der Waals surface area contributed by atoms with Gasteiger partial charge >= 0.3 is 0 Å². The van der Waals surface area contributed by atoms with Gasteiger partial charge < -0.3 is 4.74 Å². The van der Waals surface area contributed by atoms with Gasteiger partial charge in [0.05, 0.1) is 12.1 Å². The van der Waals surface area contributed by atoms with E-state index in [1.54, 1.807) is 0 Å². The fraction of sp³-hybridized carbons (Fsp3) is 0.250. The lowest BCUT2D eigenvalue weighted by molar-refractivity contribution is 0.238. The highest BCUT2D eigenvalue weighted by atomic mass is 79.9. The van der Waals surface area contributed by atoms with E-state index in [1.807, 2.05) is 56.3 Å². The Morgan fingerprint density at radius 2 is 1.86 bits per heavy atom. The molecular formula is C16H18BrClN2O. The number of ether oxygens (including phenoxy) is 1. The Bertz CT molecular complexity index is 619. The van der Waals surface area contributed by atoms with Crippen LogP contribution in [0.3, 0.4) is 0 Å². The van der Waals surface area contributed by atoms with Crippen LogP contribution in [-0.4, -0.2) is 6.10 Å². The molecule has 0 spiro atoms. The van der Waals surface area contributed by atoms with Gasteiger partial charge in [-0.1, -0.05) is 45.7 Å². The van der Waals surface area contributed by atoms with Crippen molar-refractivity contribution >= 4 is 27.5 Å². The number of halogens is 2. The van der Waals surface area contributed by atoms with Crippen LogP contribution in [0.15, 0.2) is 46.9 Å². The number of hydrogen-bond donors (Lipinski definition) is 2. The summed E-state index contributed by atoms with van der Waals surface area (Å²) < 4.78 is 6.81. The third kappa shape index (κ3) is 3.98. The maximum absolute atomic E-state index is 6.11. The third-order valence-corrected chi connectivity index (χ3v) is 3.99. The number of para-hydroxylation sites is 1. The molecule has 2 aromatic carbocycles. The van der Waals surface area contributed by atoms with Gasteiger partial charge in [0.15, 0.2) is 0 Å². The molecule has 5 heteroatoms. The van der Waals surface area contributed by atoms with E-state index in [-0.39, 0.29) is 12.1 Å². The fourth-order valence-corrected chi connectivity index (χ4v) is 2.82. The van der Waals surface area contributed by atoms with Crippen LogP contribution in [0.25, 0.3) is 0 Å². The predicted octanol–water partition coefficient (Wildman–Crippen LogP) is 4.44. The van der Waals surface area contributed by atoms with E-state index >= 15 is 0 Å². The zero-order valence-corrected chi connectivity index (χ0v) is 14.3. The Balaban J connectivity index is 2.49. The molecule has 3 nitrogen and oxygen atoms in total. The largest absolute Gasteiger partial charge is 0.491 e. The monoisotopic (exact) mass is 368 g/mol. The van der Waals surface area contributed by atoms with Crippen LogP contribution in [-0.2, 0) is 0 Å². The molecule has 0 fully saturated rings. The van der Waals surface area contributed by atoms with E-state index in [2.05, 4.69) is 21.4 Å². The fourth-order valence-electron chi connectivity index (χ4n) is 2.16. The van der Waals surface area contributed by atoms with E-state index in [1.165, 1.54) is 0 Å². The van der Waals surface area contributed by atoms with Gasteiger partial charge in [-0.2, -0.15) is 0 Å². The molecule has 1 atom stereocenters. The molecule has 0 aromatic heterocycles. The molecule has 112 valence electrons. The average molecular weight is 370 g/mol. The highest BCUT2D eigenvalue weighted by molar-refractivity contribution is 9.10. The molecule has 0 aliphatic carbocycles. The Morgan fingerprint density at radius 1 is 1.14 bits per heavy atom. The van der Waals surface area contributed by atoms with Crippen LogP contribution < -0.4 is 16.0 Å². The summed E-state index contributed by atoms with van der Waals surface area (Å²) in [6.45, 7) is 3.99. The Kier molecular flexibility index (Phi) is 5.65. The summed E-state index contributed by atoms with van der Waals surface area (Å²) in [4.78, 5) is 0. The lowest BCUT2D eigenvalue weighted by atomic mass is 9.98. The quantitative estimate of drug-likeness (QED) is 0.605. The average Bonchev–Trinajstić information content (AvgIpc) is 2.44. The lowest BCUT2D eigenvalue weighted by Crippen LogP contribution is -2.29. The van der Waals surface area contributed by atoms with Crippen molar-refractivity contribution in [1.29, 1.82) is 0 Å². The molecule has 21 heavy (non-hydrogen) atoms. The van der Waals surface area contributed by atoms with E-state index in [0.29, 0.717) is 5.02 Å². The second kappa shape index (κ2) is 7.27. The predicted molar refractivity (Wildman–Crippen MR) is 90.5 cm³/mol. The number of nitrogens with two attached hydrogens (primary N) is 1. The topological polar surface area (TPSA) is 47.3 Å². The first-order valence-electron chi connectivity index (χ1n) is 6.69. The van der Waals surface area contributed by atoms with Gasteiger partial charge in [-0.3, -0.25) is 5.84 Å². The van der Waals surface area contributed by atoms with E-state index < -0.39 is 0 Å². The van der Waals surface area contributed by atoms with Gasteiger partial charge in [0.25, 0.3) is 0 Å². The number of nitrogens with one attached hydrogen (secondary N) is 1. The van der Waals surface area contributed by atoms with Crippen molar-refractivity contribution in [2.75, 3.05) is 0 Å². The standard InChI is InChI=1S/C16H18BrClN2O/c1-10(2)21-15-6-4-3-5-12(15)16(20-19)13-9-11(18)7-8-14(13)17/h3-10,16,20H,19H2,1-2H3. The first-order chi connectivity index (χ1) is 10.0. The summed E-state index contributed by atoms with van der Waals surface area (Å²) in [7, 11) is 0. The van der Waals surface area contributed by atoms with Crippen molar-refractivity contribution in [2.24, 2.45) is 5.84 Å². The van der Waals surface area contributed by atoms with E-state index in [9.17, 15) is 0 Å². The third-order valence-electron chi connectivity index (χ3n) is 3.03. The summed E-state index contributed by atoms with van der Waals surface area (Å²) in [5.41, 5.74) is 4.78. The summed E-state index contributed by atoms with van der Waals surface area (Å²) in [6, 6.07) is 13.3. The van der Waals surface area contributed by atoms with Gasteiger partial charge in [-0.15, -0.1) is 0 Å². The minimum Gasteiger partial charge on any atom is -0.491 e. The smallest absolute Gasteiger partial charge is 0.124 e. The Labute approximate surface area is 138 Å². The van der Waals surface area contributed by atoms with Crippen molar-refractivity contribution in [3.63, 3.8) is 0 Å².